The van der Waals surface area contributed by atoms with Gasteiger partial charge in [0.15, 0.2) is 5.78 Å². The molecule has 0 aliphatic rings. The van der Waals surface area contributed by atoms with Crippen LogP contribution in [0.25, 0.3) is 0 Å². The standard InChI is InChI=1S/C13H16N2O3/c1-4-12(17)9-5-10(13(18)14-3)7-11(6-9)15-8(2)16/h5-7H,4H2,1-3H3,(H,14,18)(H,15,16). The molecule has 0 aliphatic carbocycles. The van der Waals surface area contributed by atoms with Gasteiger partial charge in [0.05, 0.1) is 0 Å². The van der Waals surface area contributed by atoms with E-state index in [2.05, 4.69) is 10.6 Å². The highest BCUT2D eigenvalue weighted by Gasteiger charge is 2.11. The maximum absolute atomic E-state index is 11.7. The first-order valence-electron chi connectivity index (χ1n) is 5.66. The van der Waals surface area contributed by atoms with Crippen molar-refractivity contribution in [3.8, 4) is 0 Å². The number of benzene rings is 1. The maximum Gasteiger partial charge on any atom is 0.251 e. The largest absolute Gasteiger partial charge is 0.355 e. The molecule has 0 saturated heterocycles. The van der Waals surface area contributed by atoms with Gasteiger partial charge >= 0.3 is 0 Å². The lowest BCUT2D eigenvalue weighted by atomic mass is 10.0. The van der Waals surface area contributed by atoms with Crippen LogP contribution in [0.3, 0.4) is 0 Å². The summed E-state index contributed by atoms with van der Waals surface area (Å²) in [7, 11) is 1.51. The molecule has 1 rings (SSSR count). The zero-order valence-electron chi connectivity index (χ0n) is 10.7. The van der Waals surface area contributed by atoms with E-state index in [1.54, 1.807) is 13.0 Å². The van der Waals surface area contributed by atoms with Crippen LogP contribution >= 0.6 is 0 Å². The summed E-state index contributed by atoms with van der Waals surface area (Å²) in [5.74, 6) is -0.626. The van der Waals surface area contributed by atoms with Gasteiger partial charge in [0.25, 0.3) is 5.91 Å². The molecule has 5 nitrogen and oxygen atoms in total. The van der Waals surface area contributed by atoms with Crippen molar-refractivity contribution in [3.63, 3.8) is 0 Å². The van der Waals surface area contributed by atoms with E-state index in [0.717, 1.165) is 0 Å². The van der Waals surface area contributed by atoms with Gasteiger partial charge in [-0.3, -0.25) is 14.4 Å². The maximum atomic E-state index is 11.7. The van der Waals surface area contributed by atoms with E-state index in [0.29, 0.717) is 23.2 Å². The lowest BCUT2D eigenvalue weighted by Gasteiger charge is -2.08. The molecule has 0 radical (unpaired) electrons. The van der Waals surface area contributed by atoms with E-state index in [1.165, 1.54) is 26.1 Å². The van der Waals surface area contributed by atoms with E-state index in [9.17, 15) is 14.4 Å². The highest BCUT2D eigenvalue weighted by atomic mass is 16.2. The summed E-state index contributed by atoms with van der Waals surface area (Å²) in [6.45, 7) is 3.11. The molecule has 1 aromatic carbocycles. The molecule has 2 amide bonds. The van der Waals surface area contributed by atoms with Gasteiger partial charge in [0.2, 0.25) is 5.91 Å². The molecule has 1 aromatic rings. The first kappa shape index (κ1) is 13.9. The second-order valence-corrected chi connectivity index (χ2v) is 3.84. The SMILES string of the molecule is CCC(=O)c1cc(NC(C)=O)cc(C(=O)NC)c1. The average molecular weight is 248 g/mol. The predicted octanol–water partition coefficient (Wildman–Crippen LogP) is 1.60. The fraction of sp³-hybridized carbons (Fsp3) is 0.308. The Kier molecular flexibility index (Phi) is 4.59. The Balaban J connectivity index is 3.23. The average Bonchev–Trinajstić information content (AvgIpc) is 2.35. The minimum absolute atomic E-state index is 0.0765. The number of rotatable bonds is 4. The van der Waals surface area contributed by atoms with Crippen LogP contribution in [0.15, 0.2) is 18.2 Å². The minimum atomic E-state index is -0.299. The molecule has 0 bridgehead atoms. The van der Waals surface area contributed by atoms with Crippen LogP contribution < -0.4 is 10.6 Å². The quantitative estimate of drug-likeness (QED) is 0.795. The van der Waals surface area contributed by atoms with Gasteiger partial charge in [-0.05, 0) is 18.2 Å². The molecule has 0 unspecified atom stereocenters. The second kappa shape index (κ2) is 5.95. The zero-order chi connectivity index (χ0) is 13.7. The monoisotopic (exact) mass is 248 g/mol. The Labute approximate surface area is 106 Å². The first-order valence-corrected chi connectivity index (χ1v) is 5.66. The highest BCUT2D eigenvalue weighted by molar-refractivity contribution is 6.03. The van der Waals surface area contributed by atoms with Crippen molar-refractivity contribution in [2.24, 2.45) is 0 Å². The lowest BCUT2D eigenvalue weighted by Crippen LogP contribution is -2.19. The molecule has 0 aliphatic heterocycles. The van der Waals surface area contributed by atoms with Gasteiger partial charge in [-0.1, -0.05) is 6.92 Å². The third-order valence-electron chi connectivity index (χ3n) is 2.39. The zero-order valence-corrected chi connectivity index (χ0v) is 10.7. The molecule has 2 N–H and O–H groups in total. The molecule has 0 aromatic heterocycles. The van der Waals surface area contributed by atoms with Gasteiger partial charge < -0.3 is 10.6 Å². The Morgan fingerprint density at radius 3 is 2.22 bits per heavy atom. The summed E-state index contributed by atoms with van der Waals surface area (Å²) in [6, 6.07) is 4.63. The summed E-state index contributed by atoms with van der Waals surface area (Å²) in [4.78, 5) is 34.3. The van der Waals surface area contributed by atoms with Crippen LogP contribution in [0.1, 0.15) is 41.0 Å². The summed E-state index contributed by atoms with van der Waals surface area (Å²) in [5, 5.41) is 5.06. The number of carbonyl (C=O) groups is 3. The fourth-order valence-electron chi connectivity index (χ4n) is 1.54. The number of ketones is 1. The van der Waals surface area contributed by atoms with E-state index in [1.807, 2.05) is 0 Å². The van der Waals surface area contributed by atoms with Crippen molar-refractivity contribution in [1.82, 2.24) is 5.32 Å². The third kappa shape index (κ3) is 3.41. The summed E-state index contributed by atoms with van der Waals surface area (Å²) < 4.78 is 0. The van der Waals surface area contributed by atoms with Crippen LogP contribution in [0.4, 0.5) is 5.69 Å². The van der Waals surface area contributed by atoms with Gasteiger partial charge in [-0.25, -0.2) is 0 Å². The van der Waals surface area contributed by atoms with Crippen LogP contribution in [-0.2, 0) is 4.79 Å². The van der Waals surface area contributed by atoms with Gasteiger partial charge in [0, 0.05) is 37.2 Å². The second-order valence-electron chi connectivity index (χ2n) is 3.84. The van der Waals surface area contributed by atoms with Crippen molar-refractivity contribution in [1.29, 1.82) is 0 Å². The first-order chi connectivity index (χ1) is 8.47. The summed E-state index contributed by atoms with van der Waals surface area (Å²) in [6.07, 6.45) is 0.344. The number of hydrogen-bond acceptors (Lipinski definition) is 3. The molecule has 18 heavy (non-hydrogen) atoms. The molecule has 96 valence electrons. The predicted molar refractivity (Wildman–Crippen MR) is 68.8 cm³/mol. The smallest absolute Gasteiger partial charge is 0.251 e. The molecule has 0 spiro atoms. The Morgan fingerprint density at radius 1 is 1.11 bits per heavy atom. The number of hydrogen-bond donors (Lipinski definition) is 2. The van der Waals surface area contributed by atoms with Crippen LogP contribution in [0, 0.1) is 0 Å². The van der Waals surface area contributed by atoms with Gasteiger partial charge in [-0.15, -0.1) is 0 Å². The number of Topliss-reactive ketones (excluding diaryl/α,β-unsaturated/α-hetero) is 1. The van der Waals surface area contributed by atoms with Crippen LogP contribution in [-0.4, -0.2) is 24.6 Å². The van der Waals surface area contributed by atoms with Crippen LogP contribution in [0.5, 0.6) is 0 Å². The molecule has 0 fully saturated rings. The van der Waals surface area contributed by atoms with Crippen molar-refractivity contribution in [2.45, 2.75) is 20.3 Å². The van der Waals surface area contributed by atoms with E-state index in [-0.39, 0.29) is 17.6 Å². The highest BCUT2D eigenvalue weighted by Crippen LogP contribution is 2.16. The molecular weight excluding hydrogens is 232 g/mol. The lowest BCUT2D eigenvalue weighted by molar-refractivity contribution is -0.114. The Bertz CT molecular complexity index is 461. The Morgan fingerprint density at radius 2 is 1.72 bits per heavy atom. The fourth-order valence-corrected chi connectivity index (χ4v) is 1.54. The summed E-state index contributed by atoms with van der Waals surface area (Å²) in [5.41, 5.74) is 1.21. The summed E-state index contributed by atoms with van der Waals surface area (Å²) >= 11 is 0. The van der Waals surface area contributed by atoms with Crippen molar-refractivity contribution >= 4 is 23.3 Å². The Hall–Kier alpha value is -2.17. The van der Waals surface area contributed by atoms with Crippen molar-refractivity contribution in [2.75, 3.05) is 12.4 Å². The molecule has 0 atom stereocenters. The molecule has 0 heterocycles. The van der Waals surface area contributed by atoms with E-state index >= 15 is 0 Å². The van der Waals surface area contributed by atoms with Crippen molar-refractivity contribution in [3.05, 3.63) is 29.3 Å². The number of amides is 2. The number of carbonyl (C=O) groups excluding carboxylic acids is 3. The third-order valence-corrected chi connectivity index (χ3v) is 2.39. The molecule has 5 heteroatoms. The number of anilines is 1. The van der Waals surface area contributed by atoms with E-state index < -0.39 is 0 Å². The minimum Gasteiger partial charge on any atom is -0.355 e. The van der Waals surface area contributed by atoms with Gasteiger partial charge in [0.1, 0.15) is 0 Å². The van der Waals surface area contributed by atoms with Crippen LogP contribution in [0.2, 0.25) is 0 Å². The normalized spacial score (nSPS) is 9.72. The molecular formula is C13H16N2O3. The molecule has 0 saturated carbocycles. The number of nitrogens with one attached hydrogen (secondary N) is 2. The topological polar surface area (TPSA) is 75.3 Å². The van der Waals surface area contributed by atoms with Crippen molar-refractivity contribution < 1.29 is 14.4 Å². The van der Waals surface area contributed by atoms with Gasteiger partial charge in [-0.2, -0.15) is 0 Å². The van der Waals surface area contributed by atoms with E-state index in [4.69, 9.17) is 0 Å².